The number of hydrogen-bond acceptors (Lipinski definition) is 8. The van der Waals surface area contributed by atoms with E-state index in [4.69, 9.17) is 21.7 Å². The zero-order valence-electron chi connectivity index (χ0n) is 16.5. The van der Waals surface area contributed by atoms with Crippen LogP contribution in [0.1, 0.15) is 26.7 Å². The second kappa shape index (κ2) is 12.6. The number of nitrogens with two attached hydrogens (primary N) is 2. The summed E-state index contributed by atoms with van der Waals surface area (Å²) in [5, 5.41) is 24.7. The molecular formula is C16H27N5O8S. The van der Waals surface area contributed by atoms with E-state index in [2.05, 4.69) is 28.6 Å². The number of amides is 4. The highest BCUT2D eigenvalue weighted by Gasteiger charge is 2.31. The van der Waals surface area contributed by atoms with Gasteiger partial charge in [-0.2, -0.15) is 12.6 Å². The van der Waals surface area contributed by atoms with Crippen molar-refractivity contribution < 1.29 is 39.0 Å². The first-order valence-electron chi connectivity index (χ1n) is 8.80. The molecule has 0 aliphatic rings. The quantitative estimate of drug-likeness (QED) is 0.132. The van der Waals surface area contributed by atoms with Crippen molar-refractivity contribution in [2.24, 2.45) is 17.4 Å². The minimum absolute atomic E-state index is 0.239. The molecule has 0 aliphatic heterocycles. The topological polar surface area (TPSA) is 231 Å². The zero-order chi connectivity index (χ0) is 23.6. The average Bonchev–Trinajstić information content (AvgIpc) is 2.61. The summed E-state index contributed by atoms with van der Waals surface area (Å²) in [5.41, 5.74) is 10.4. The van der Waals surface area contributed by atoms with Gasteiger partial charge in [-0.05, 0) is 5.92 Å². The van der Waals surface area contributed by atoms with Crippen molar-refractivity contribution in [2.45, 2.75) is 50.9 Å². The second-order valence-corrected chi connectivity index (χ2v) is 7.11. The summed E-state index contributed by atoms with van der Waals surface area (Å²) < 4.78 is 0. The van der Waals surface area contributed by atoms with Crippen molar-refractivity contribution in [3.63, 3.8) is 0 Å². The van der Waals surface area contributed by atoms with Gasteiger partial charge in [0.1, 0.15) is 18.1 Å². The van der Waals surface area contributed by atoms with Crippen LogP contribution in [0.15, 0.2) is 0 Å². The number of carbonyl (C=O) groups excluding carboxylic acids is 4. The molecule has 0 radical (unpaired) electrons. The molecule has 0 saturated heterocycles. The molecule has 0 spiro atoms. The lowest BCUT2D eigenvalue weighted by Gasteiger charge is -2.24. The van der Waals surface area contributed by atoms with Gasteiger partial charge in [0.25, 0.3) is 0 Å². The van der Waals surface area contributed by atoms with Crippen molar-refractivity contribution in [1.82, 2.24) is 16.0 Å². The Kier molecular flexibility index (Phi) is 11.4. The molecule has 4 amide bonds. The summed E-state index contributed by atoms with van der Waals surface area (Å²) in [6.07, 6.45) is -1.37. The lowest BCUT2D eigenvalue weighted by molar-refractivity contribution is -0.144. The molecule has 0 aromatic rings. The number of aliphatic carboxylic acids is 2. The Morgan fingerprint density at radius 1 is 0.867 bits per heavy atom. The van der Waals surface area contributed by atoms with Crippen LogP contribution in [0.5, 0.6) is 0 Å². The van der Waals surface area contributed by atoms with Crippen LogP contribution >= 0.6 is 12.6 Å². The molecule has 0 rings (SSSR count). The molecule has 0 aromatic carbocycles. The summed E-state index contributed by atoms with van der Waals surface area (Å²) in [5.74, 6) is -7.16. The van der Waals surface area contributed by atoms with Crippen molar-refractivity contribution in [2.75, 3.05) is 5.75 Å². The first-order chi connectivity index (χ1) is 13.8. The maximum Gasteiger partial charge on any atom is 0.326 e. The van der Waals surface area contributed by atoms with Crippen LogP contribution in [0.2, 0.25) is 0 Å². The minimum Gasteiger partial charge on any atom is -0.481 e. The van der Waals surface area contributed by atoms with E-state index < -0.39 is 78.5 Å². The van der Waals surface area contributed by atoms with Gasteiger partial charge in [-0.3, -0.25) is 24.0 Å². The van der Waals surface area contributed by atoms with Crippen molar-refractivity contribution in [3.8, 4) is 0 Å². The molecular weight excluding hydrogens is 422 g/mol. The predicted molar refractivity (Wildman–Crippen MR) is 106 cm³/mol. The molecule has 30 heavy (non-hydrogen) atoms. The number of thiol groups is 1. The van der Waals surface area contributed by atoms with Crippen molar-refractivity contribution >= 4 is 48.2 Å². The van der Waals surface area contributed by atoms with Gasteiger partial charge in [0, 0.05) is 5.75 Å². The summed E-state index contributed by atoms with van der Waals surface area (Å²) in [4.78, 5) is 69.8. The third-order valence-electron chi connectivity index (χ3n) is 3.82. The van der Waals surface area contributed by atoms with E-state index in [0.29, 0.717) is 0 Å². The largest absolute Gasteiger partial charge is 0.481 e. The molecule has 170 valence electrons. The molecule has 0 saturated carbocycles. The Bertz CT molecular complexity index is 687. The van der Waals surface area contributed by atoms with E-state index in [0.717, 1.165) is 0 Å². The molecule has 9 N–H and O–H groups in total. The summed E-state index contributed by atoms with van der Waals surface area (Å²) in [7, 11) is 0. The van der Waals surface area contributed by atoms with E-state index in [1.165, 1.54) is 0 Å². The lowest BCUT2D eigenvalue weighted by Crippen LogP contribution is -2.58. The maximum absolute atomic E-state index is 12.4. The van der Waals surface area contributed by atoms with Gasteiger partial charge in [-0.1, -0.05) is 13.8 Å². The number of carboxylic acid groups (broad SMARTS) is 2. The van der Waals surface area contributed by atoms with Gasteiger partial charge >= 0.3 is 11.9 Å². The highest BCUT2D eigenvalue weighted by Crippen LogP contribution is 2.04. The number of primary amides is 1. The van der Waals surface area contributed by atoms with E-state index in [-0.39, 0.29) is 5.75 Å². The summed E-state index contributed by atoms with van der Waals surface area (Å²) in [6.45, 7) is 3.14. The minimum atomic E-state index is -1.62. The predicted octanol–water partition coefficient (Wildman–Crippen LogP) is -3.21. The molecule has 0 heterocycles. The molecule has 0 aliphatic carbocycles. The van der Waals surface area contributed by atoms with Gasteiger partial charge in [-0.15, -0.1) is 0 Å². The SMILES string of the molecule is CC(C)C(NC(=O)C(CS)NC(=O)C(CC(=O)O)NC(=O)C(N)CC(N)=O)C(=O)O. The van der Waals surface area contributed by atoms with E-state index in [9.17, 15) is 28.8 Å². The summed E-state index contributed by atoms with van der Waals surface area (Å²) >= 11 is 3.94. The van der Waals surface area contributed by atoms with Gasteiger partial charge < -0.3 is 37.6 Å². The third kappa shape index (κ3) is 9.56. The zero-order valence-corrected chi connectivity index (χ0v) is 17.3. The van der Waals surface area contributed by atoms with Crippen LogP contribution < -0.4 is 27.4 Å². The Morgan fingerprint density at radius 2 is 1.37 bits per heavy atom. The fraction of sp³-hybridized carbons (Fsp3) is 0.625. The van der Waals surface area contributed by atoms with E-state index in [1.807, 2.05) is 0 Å². The fourth-order valence-electron chi connectivity index (χ4n) is 2.21. The number of carbonyl (C=O) groups is 6. The molecule has 0 bridgehead atoms. The molecule has 14 heteroatoms. The molecule has 4 atom stereocenters. The molecule has 4 unspecified atom stereocenters. The third-order valence-corrected chi connectivity index (χ3v) is 4.18. The highest BCUT2D eigenvalue weighted by molar-refractivity contribution is 7.80. The number of hydrogen-bond donors (Lipinski definition) is 8. The van der Waals surface area contributed by atoms with Crippen molar-refractivity contribution in [1.29, 1.82) is 0 Å². The smallest absolute Gasteiger partial charge is 0.326 e. The van der Waals surface area contributed by atoms with Gasteiger partial charge in [-0.25, -0.2) is 4.79 Å². The van der Waals surface area contributed by atoms with Crippen LogP contribution in [0.4, 0.5) is 0 Å². The average molecular weight is 449 g/mol. The highest BCUT2D eigenvalue weighted by atomic mass is 32.1. The lowest BCUT2D eigenvalue weighted by atomic mass is 10.0. The van der Waals surface area contributed by atoms with Crippen LogP contribution in [0, 0.1) is 5.92 Å². The van der Waals surface area contributed by atoms with E-state index >= 15 is 0 Å². The monoisotopic (exact) mass is 449 g/mol. The van der Waals surface area contributed by atoms with Crippen LogP contribution in [-0.2, 0) is 28.8 Å². The molecule has 0 fully saturated rings. The Morgan fingerprint density at radius 3 is 1.77 bits per heavy atom. The number of carboxylic acids is 2. The van der Waals surface area contributed by atoms with Gasteiger partial charge in [0.05, 0.1) is 18.9 Å². The first kappa shape index (κ1) is 27.1. The number of rotatable bonds is 13. The Balaban J connectivity index is 5.27. The first-order valence-corrected chi connectivity index (χ1v) is 9.43. The fourth-order valence-corrected chi connectivity index (χ4v) is 2.46. The normalized spacial score (nSPS) is 14.7. The molecule has 0 aromatic heterocycles. The summed E-state index contributed by atoms with van der Waals surface area (Å²) in [6, 6.07) is -5.56. The van der Waals surface area contributed by atoms with Gasteiger partial charge in [0.2, 0.25) is 23.6 Å². The van der Waals surface area contributed by atoms with Gasteiger partial charge in [0.15, 0.2) is 0 Å². The van der Waals surface area contributed by atoms with Crippen LogP contribution in [0.3, 0.4) is 0 Å². The molecule has 13 nitrogen and oxygen atoms in total. The Hall–Kier alpha value is -2.87. The van der Waals surface area contributed by atoms with Crippen LogP contribution in [0.25, 0.3) is 0 Å². The Labute approximate surface area is 177 Å². The standard InChI is InChI=1S/C16H27N5O8S/c1-6(2)12(16(28)29)21-15(27)9(5-30)20-14(26)8(4-11(23)24)19-13(25)7(17)3-10(18)22/h6-9,12,30H,3-5,17H2,1-2H3,(H2,18,22)(H,19,25)(H,20,26)(H,21,27)(H,23,24)(H,28,29). The maximum atomic E-state index is 12.4. The van der Waals surface area contributed by atoms with Crippen molar-refractivity contribution in [3.05, 3.63) is 0 Å². The van der Waals surface area contributed by atoms with Crippen LogP contribution in [-0.4, -0.2) is 75.7 Å². The number of nitrogens with one attached hydrogen (secondary N) is 3. The second-order valence-electron chi connectivity index (χ2n) is 6.75. The van der Waals surface area contributed by atoms with E-state index in [1.54, 1.807) is 13.8 Å².